The van der Waals surface area contributed by atoms with Gasteiger partial charge in [0.2, 0.25) is 0 Å². The van der Waals surface area contributed by atoms with Crippen molar-refractivity contribution in [1.29, 1.82) is 0 Å². The molecule has 0 aliphatic heterocycles. The number of hydrogen-bond donors (Lipinski definition) is 2. The maximum atomic E-state index is 13.3. The first-order chi connectivity index (χ1) is 8.65. The van der Waals surface area contributed by atoms with E-state index in [-0.39, 0.29) is 5.82 Å². The molecule has 0 aliphatic rings. The molecule has 18 heavy (non-hydrogen) atoms. The fourth-order valence-electron chi connectivity index (χ4n) is 1.74. The van der Waals surface area contributed by atoms with Crippen LogP contribution in [-0.4, -0.2) is 7.11 Å². The van der Waals surface area contributed by atoms with Gasteiger partial charge in [0.15, 0.2) is 4.67 Å². The average molecular weight is 315 g/mol. The second-order valence-electron chi connectivity index (χ2n) is 3.63. The zero-order valence-electron chi connectivity index (χ0n) is 9.61. The topological polar surface area (TPSA) is 60.4 Å². The molecule has 6 heteroatoms. The molecule has 0 fully saturated rings. The quantitative estimate of drug-likeness (QED) is 0.673. The molecule has 0 amide bonds. The van der Waals surface area contributed by atoms with Crippen LogP contribution in [0.1, 0.15) is 17.4 Å². The van der Waals surface area contributed by atoms with Gasteiger partial charge in [-0.2, -0.15) is 0 Å². The summed E-state index contributed by atoms with van der Waals surface area (Å²) in [5, 5.41) is 0. The molecule has 1 aromatic heterocycles. The van der Waals surface area contributed by atoms with Crippen LogP contribution in [0.25, 0.3) is 0 Å². The van der Waals surface area contributed by atoms with Crippen LogP contribution in [0.5, 0.6) is 5.75 Å². The highest BCUT2D eigenvalue weighted by Crippen LogP contribution is 2.31. The Morgan fingerprint density at radius 2 is 2.17 bits per heavy atom. The maximum absolute atomic E-state index is 13.3. The molecule has 1 heterocycles. The van der Waals surface area contributed by atoms with E-state index < -0.39 is 6.04 Å². The Kier molecular flexibility index (Phi) is 4.00. The van der Waals surface area contributed by atoms with Crippen molar-refractivity contribution in [2.75, 3.05) is 7.11 Å². The second-order valence-corrected chi connectivity index (χ2v) is 4.41. The Morgan fingerprint density at radius 3 is 2.72 bits per heavy atom. The lowest BCUT2D eigenvalue weighted by Crippen LogP contribution is -2.29. The Labute approximate surface area is 112 Å². The maximum Gasteiger partial charge on any atom is 0.169 e. The van der Waals surface area contributed by atoms with Crippen LogP contribution in [0.3, 0.4) is 0 Å². The predicted octanol–water partition coefficient (Wildman–Crippen LogP) is 2.74. The van der Waals surface area contributed by atoms with Crippen LogP contribution in [0, 0.1) is 5.82 Å². The summed E-state index contributed by atoms with van der Waals surface area (Å²) in [7, 11) is 1.52. The van der Waals surface area contributed by atoms with Crippen molar-refractivity contribution in [1.82, 2.24) is 5.43 Å². The molecule has 0 saturated heterocycles. The van der Waals surface area contributed by atoms with E-state index in [4.69, 9.17) is 15.0 Å². The van der Waals surface area contributed by atoms with Crippen LogP contribution in [0.4, 0.5) is 4.39 Å². The van der Waals surface area contributed by atoms with E-state index in [0.29, 0.717) is 21.7 Å². The van der Waals surface area contributed by atoms with Gasteiger partial charge >= 0.3 is 0 Å². The molecule has 96 valence electrons. The molecule has 1 aromatic carbocycles. The molecule has 2 aromatic rings. The number of ether oxygens (including phenoxy) is 1. The number of rotatable bonds is 4. The summed E-state index contributed by atoms with van der Waals surface area (Å²) < 4.78 is 24.5. The van der Waals surface area contributed by atoms with Crippen molar-refractivity contribution in [2.45, 2.75) is 6.04 Å². The summed E-state index contributed by atoms with van der Waals surface area (Å²) in [4.78, 5) is 0. The van der Waals surface area contributed by atoms with Gasteiger partial charge < -0.3 is 9.15 Å². The highest BCUT2D eigenvalue weighted by Gasteiger charge is 2.20. The summed E-state index contributed by atoms with van der Waals surface area (Å²) in [6, 6.07) is 7.24. The van der Waals surface area contributed by atoms with E-state index in [1.807, 2.05) is 0 Å². The number of benzene rings is 1. The normalized spacial score (nSPS) is 12.4. The molecular weight excluding hydrogens is 303 g/mol. The van der Waals surface area contributed by atoms with Crippen molar-refractivity contribution >= 4 is 15.9 Å². The molecule has 0 aliphatic carbocycles. The molecular formula is C12H12BrFN2O2. The summed E-state index contributed by atoms with van der Waals surface area (Å²) in [5.74, 6) is 6.25. The van der Waals surface area contributed by atoms with Gasteiger partial charge in [-0.25, -0.2) is 9.82 Å². The van der Waals surface area contributed by atoms with Gasteiger partial charge in [-0.15, -0.1) is 0 Å². The van der Waals surface area contributed by atoms with E-state index >= 15 is 0 Å². The van der Waals surface area contributed by atoms with Crippen LogP contribution < -0.4 is 16.0 Å². The molecule has 3 N–H and O–H groups in total. The van der Waals surface area contributed by atoms with Crippen molar-refractivity contribution in [3.8, 4) is 5.75 Å². The first-order valence-electron chi connectivity index (χ1n) is 5.20. The van der Waals surface area contributed by atoms with Gasteiger partial charge in [0.1, 0.15) is 23.4 Å². The predicted molar refractivity (Wildman–Crippen MR) is 68.5 cm³/mol. The van der Waals surface area contributed by atoms with Crippen LogP contribution in [0.2, 0.25) is 0 Å². The third kappa shape index (κ3) is 2.55. The number of halogens is 2. The van der Waals surface area contributed by atoms with Crippen LogP contribution in [-0.2, 0) is 0 Å². The number of hydrogen-bond acceptors (Lipinski definition) is 4. The Balaban J connectivity index is 2.47. The molecule has 2 rings (SSSR count). The molecule has 0 bridgehead atoms. The first kappa shape index (κ1) is 13.1. The van der Waals surface area contributed by atoms with E-state index in [1.165, 1.54) is 19.2 Å². The molecule has 1 unspecified atom stereocenters. The van der Waals surface area contributed by atoms with E-state index in [0.717, 1.165) is 0 Å². The van der Waals surface area contributed by atoms with Crippen molar-refractivity contribution in [2.24, 2.45) is 5.84 Å². The lowest BCUT2D eigenvalue weighted by molar-refractivity contribution is 0.389. The van der Waals surface area contributed by atoms with Crippen LogP contribution >= 0.6 is 15.9 Å². The lowest BCUT2D eigenvalue weighted by Gasteiger charge is -2.17. The van der Waals surface area contributed by atoms with E-state index in [2.05, 4.69) is 21.4 Å². The average Bonchev–Trinajstić information content (AvgIpc) is 2.77. The van der Waals surface area contributed by atoms with Gasteiger partial charge in [0.05, 0.1) is 7.11 Å². The molecule has 0 radical (unpaired) electrons. The highest BCUT2D eigenvalue weighted by molar-refractivity contribution is 9.10. The van der Waals surface area contributed by atoms with Gasteiger partial charge in [-0.05, 0) is 46.3 Å². The fraction of sp³-hybridized carbons (Fsp3) is 0.167. The van der Waals surface area contributed by atoms with Crippen LogP contribution in [0.15, 0.2) is 39.4 Å². The zero-order chi connectivity index (χ0) is 13.1. The summed E-state index contributed by atoms with van der Waals surface area (Å²) in [6.45, 7) is 0. The number of furan rings is 1. The van der Waals surface area contributed by atoms with Crippen molar-refractivity contribution in [3.63, 3.8) is 0 Å². The van der Waals surface area contributed by atoms with Crippen molar-refractivity contribution in [3.05, 3.63) is 52.1 Å². The number of hydrazine groups is 1. The zero-order valence-corrected chi connectivity index (χ0v) is 11.2. The molecule has 0 saturated carbocycles. The van der Waals surface area contributed by atoms with E-state index in [9.17, 15) is 4.39 Å². The Bertz CT molecular complexity index is 545. The number of nitrogens with one attached hydrogen (secondary N) is 1. The lowest BCUT2D eigenvalue weighted by atomic mass is 10.0. The fourth-order valence-corrected chi connectivity index (χ4v) is 2.06. The third-order valence-electron chi connectivity index (χ3n) is 2.55. The summed E-state index contributed by atoms with van der Waals surface area (Å²) >= 11 is 3.21. The molecule has 4 nitrogen and oxygen atoms in total. The van der Waals surface area contributed by atoms with Gasteiger partial charge in [-0.3, -0.25) is 5.84 Å². The number of nitrogens with two attached hydrogens (primary N) is 1. The smallest absolute Gasteiger partial charge is 0.169 e. The molecule has 1 atom stereocenters. The Hall–Kier alpha value is -1.37. The minimum atomic E-state index is -0.484. The van der Waals surface area contributed by atoms with Gasteiger partial charge in [0, 0.05) is 5.56 Å². The number of methoxy groups -OCH3 is 1. The standard InChI is InChI=1S/C12H12BrFN2O2/c1-17-9-3-2-7(14)6-8(9)12(16-15)10-4-5-11(13)18-10/h2-6,12,16H,15H2,1H3. The van der Waals surface area contributed by atoms with Crippen molar-refractivity contribution < 1.29 is 13.5 Å². The molecule has 0 spiro atoms. The minimum absolute atomic E-state index is 0.364. The van der Waals surface area contributed by atoms with E-state index in [1.54, 1.807) is 18.2 Å². The SMILES string of the molecule is COc1ccc(F)cc1C(NN)c1ccc(Br)o1. The Morgan fingerprint density at radius 1 is 1.39 bits per heavy atom. The second kappa shape index (κ2) is 5.51. The first-order valence-corrected chi connectivity index (χ1v) is 6.00. The summed E-state index contributed by atoms with van der Waals surface area (Å²) in [6.07, 6.45) is 0. The monoisotopic (exact) mass is 314 g/mol. The minimum Gasteiger partial charge on any atom is -0.496 e. The van der Waals surface area contributed by atoms with Gasteiger partial charge in [-0.1, -0.05) is 0 Å². The van der Waals surface area contributed by atoms with Gasteiger partial charge in [0.25, 0.3) is 0 Å². The third-order valence-corrected chi connectivity index (χ3v) is 2.97. The largest absolute Gasteiger partial charge is 0.496 e. The summed E-state index contributed by atoms with van der Waals surface area (Å²) in [5.41, 5.74) is 3.16. The highest BCUT2D eigenvalue weighted by atomic mass is 79.9.